The van der Waals surface area contributed by atoms with E-state index in [0.717, 1.165) is 5.56 Å². The molecule has 4 nitrogen and oxygen atoms in total. The number of carbonyl (C=O) groups is 2. The third-order valence-electron chi connectivity index (χ3n) is 3.15. The highest BCUT2D eigenvalue weighted by molar-refractivity contribution is 5.97. The smallest absolute Gasteiger partial charge is 0.340 e. The molecule has 0 saturated carbocycles. The SMILES string of the molecule is CCC(OC(=O)c1ccccc1NC=O)c1ccccc1. The van der Waals surface area contributed by atoms with Gasteiger partial charge in [0, 0.05) is 0 Å². The Morgan fingerprint density at radius 3 is 2.48 bits per heavy atom. The van der Waals surface area contributed by atoms with E-state index in [1.165, 1.54) is 0 Å². The molecule has 0 bridgehead atoms. The van der Waals surface area contributed by atoms with E-state index in [2.05, 4.69) is 5.32 Å². The number of rotatable bonds is 6. The Balaban J connectivity index is 2.19. The van der Waals surface area contributed by atoms with E-state index in [1.807, 2.05) is 37.3 Å². The molecule has 0 fully saturated rings. The number of esters is 1. The topological polar surface area (TPSA) is 55.4 Å². The Bertz CT molecular complexity index is 610. The van der Waals surface area contributed by atoms with E-state index < -0.39 is 5.97 Å². The summed E-state index contributed by atoms with van der Waals surface area (Å²) in [5.74, 6) is -0.448. The fourth-order valence-corrected chi connectivity index (χ4v) is 2.10. The van der Waals surface area contributed by atoms with Gasteiger partial charge in [-0.25, -0.2) is 4.79 Å². The van der Waals surface area contributed by atoms with Gasteiger partial charge in [-0.05, 0) is 24.1 Å². The monoisotopic (exact) mass is 283 g/mol. The molecule has 0 spiro atoms. The summed E-state index contributed by atoms with van der Waals surface area (Å²) in [6.45, 7) is 1.96. The van der Waals surface area contributed by atoms with Gasteiger partial charge < -0.3 is 10.1 Å². The number of benzene rings is 2. The molecular weight excluding hydrogens is 266 g/mol. The molecule has 1 unspecified atom stereocenters. The molecule has 0 aromatic heterocycles. The Morgan fingerprint density at radius 2 is 1.81 bits per heavy atom. The normalized spacial score (nSPS) is 11.5. The lowest BCUT2D eigenvalue weighted by Crippen LogP contribution is -2.13. The number of nitrogens with one attached hydrogen (secondary N) is 1. The predicted octanol–water partition coefficient (Wildman–Crippen LogP) is 3.56. The molecule has 4 heteroatoms. The molecule has 0 radical (unpaired) electrons. The fourth-order valence-electron chi connectivity index (χ4n) is 2.10. The number of para-hydroxylation sites is 1. The van der Waals surface area contributed by atoms with Gasteiger partial charge in [-0.1, -0.05) is 49.4 Å². The Morgan fingerprint density at radius 1 is 1.14 bits per heavy atom. The summed E-state index contributed by atoms with van der Waals surface area (Å²) in [6.07, 6.45) is 0.919. The third-order valence-corrected chi connectivity index (χ3v) is 3.15. The van der Waals surface area contributed by atoms with Crippen molar-refractivity contribution in [2.45, 2.75) is 19.4 Å². The lowest BCUT2D eigenvalue weighted by Gasteiger charge is -2.17. The Kier molecular flexibility index (Phi) is 5.10. The predicted molar refractivity (Wildman–Crippen MR) is 81.0 cm³/mol. The average Bonchev–Trinajstić information content (AvgIpc) is 2.54. The summed E-state index contributed by atoms with van der Waals surface area (Å²) in [7, 11) is 0. The number of anilines is 1. The van der Waals surface area contributed by atoms with Crippen LogP contribution in [0.3, 0.4) is 0 Å². The van der Waals surface area contributed by atoms with Crippen molar-refractivity contribution in [3.8, 4) is 0 Å². The fraction of sp³-hybridized carbons (Fsp3) is 0.176. The molecule has 108 valence electrons. The van der Waals surface area contributed by atoms with Crippen LogP contribution in [0.2, 0.25) is 0 Å². The van der Waals surface area contributed by atoms with Gasteiger partial charge in [0.15, 0.2) is 0 Å². The van der Waals surface area contributed by atoms with Gasteiger partial charge in [0.25, 0.3) is 0 Å². The second-order valence-electron chi connectivity index (χ2n) is 4.52. The van der Waals surface area contributed by atoms with Crippen LogP contribution in [0.5, 0.6) is 0 Å². The van der Waals surface area contributed by atoms with Crippen molar-refractivity contribution >= 4 is 18.1 Å². The zero-order chi connectivity index (χ0) is 15.1. The van der Waals surface area contributed by atoms with E-state index >= 15 is 0 Å². The van der Waals surface area contributed by atoms with Crippen molar-refractivity contribution in [2.75, 3.05) is 5.32 Å². The van der Waals surface area contributed by atoms with Gasteiger partial charge in [0.2, 0.25) is 6.41 Å². The van der Waals surface area contributed by atoms with E-state index in [9.17, 15) is 9.59 Å². The molecular formula is C17H17NO3. The largest absolute Gasteiger partial charge is 0.454 e. The lowest BCUT2D eigenvalue weighted by atomic mass is 10.1. The van der Waals surface area contributed by atoms with Gasteiger partial charge in [-0.3, -0.25) is 4.79 Å². The van der Waals surface area contributed by atoms with E-state index in [0.29, 0.717) is 24.1 Å². The summed E-state index contributed by atoms with van der Waals surface area (Å²) >= 11 is 0. The molecule has 2 aromatic carbocycles. The van der Waals surface area contributed by atoms with Crippen molar-refractivity contribution in [1.29, 1.82) is 0 Å². The van der Waals surface area contributed by atoms with E-state index in [-0.39, 0.29) is 6.10 Å². The van der Waals surface area contributed by atoms with Gasteiger partial charge >= 0.3 is 5.97 Å². The summed E-state index contributed by atoms with van der Waals surface area (Å²) in [5.41, 5.74) is 1.74. The summed E-state index contributed by atoms with van der Waals surface area (Å²) < 4.78 is 5.56. The molecule has 2 rings (SSSR count). The molecule has 21 heavy (non-hydrogen) atoms. The molecule has 0 saturated heterocycles. The first-order chi connectivity index (χ1) is 10.3. The molecule has 0 aliphatic heterocycles. The van der Waals surface area contributed by atoms with Crippen molar-refractivity contribution in [3.63, 3.8) is 0 Å². The minimum atomic E-state index is -0.448. The zero-order valence-corrected chi connectivity index (χ0v) is 11.8. The quantitative estimate of drug-likeness (QED) is 0.651. The van der Waals surface area contributed by atoms with Crippen LogP contribution in [0, 0.1) is 0 Å². The number of hydrogen-bond acceptors (Lipinski definition) is 3. The molecule has 0 heterocycles. The summed E-state index contributed by atoms with van der Waals surface area (Å²) in [4.78, 5) is 22.9. The minimum absolute atomic E-state index is 0.303. The Hall–Kier alpha value is -2.62. The van der Waals surface area contributed by atoms with E-state index in [1.54, 1.807) is 24.3 Å². The van der Waals surface area contributed by atoms with Crippen LogP contribution >= 0.6 is 0 Å². The number of amides is 1. The van der Waals surface area contributed by atoms with Crippen LogP contribution in [0.15, 0.2) is 54.6 Å². The van der Waals surface area contributed by atoms with Crippen molar-refractivity contribution in [3.05, 3.63) is 65.7 Å². The van der Waals surface area contributed by atoms with Gasteiger partial charge in [-0.15, -0.1) is 0 Å². The number of carbonyl (C=O) groups excluding carboxylic acids is 2. The first-order valence-electron chi connectivity index (χ1n) is 6.81. The maximum Gasteiger partial charge on any atom is 0.340 e. The van der Waals surface area contributed by atoms with Gasteiger partial charge in [0.05, 0.1) is 11.3 Å². The average molecular weight is 283 g/mol. The van der Waals surface area contributed by atoms with Crippen molar-refractivity contribution in [1.82, 2.24) is 0 Å². The highest BCUT2D eigenvalue weighted by Gasteiger charge is 2.18. The number of ether oxygens (including phenoxy) is 1. The zero-order valence-electron chi connectivity index (χ0n) is 11.8. The van der Waals surface area contributed by atoms with Crippen LogP contribution < -0.4 is 5.32 Å². The minimum Gasteiger partial charge on any atom is -0.454 e. The van der Waals surface area contributed by atoms with Crippen LogP contribution in [-0.4, -0.2) is 12.4 Å². The molecule has 1 N–H and O–H groups in total. The van der Waals surface area contributed by atoms with E-state index in [4.69, 9.17) is 4.74 Å². The van der Waals surface area contributed by atoms with Crippen LogP contribution in [0.4, 0.5) is 5.69 Å². The maximum atomic E-state index is 12.3. The molecule has 1 atom stereocenters. The molecule has 1 amide bonds. The van der Waals surface area contributed by atoms with Crippen LogP contribution in [0.25, 0.3) is 0 Å². The summed E-state index contributed by atoms with van der Waals surface area (Å²) in [5, 5.41) is 2.51. The van der Waals surface area contributed by atoms with Crippen LogP contribution in [0.1, 0.15) is 35.4 Å². The second kappa shape index (κ2) is 7.24. The summed E-state index contributed by atoms with van der Waals surface area (Å²) in [6, 6.07) is 16.4. The third kappa shape index (κ3) is 3.69. The number of hydrogen-bond donors (Lipinski definition) is 1. The molecule has 0 aliphatic carbocycles. The van der Waals surface area contributed by atoms with Crippen molar-refractivity contribution < 1.29 is 14.3 Å². The molecule has 0 aliphatic rings. The highest BCUT2D eigenvalue weighted by atomic mass is 16.5. The maximum absolute atomic E-state index is 12.3. The lowest BCUT2D eigenvalue weighted by molar-refractivity contribution is -0.105. The van der Waals surface area contributed by atoms with Gasteiger partial charge in [0.1, 0.15) is 6.10 Å². The Labute approximate surface area is 123 Å². The highest BCUT2D eigenvalue weighted by Crippen LogP contribution is 2.24. The second-order valence-corrected chi connectivity index (χ2v) is 4.52. The molecule has 2 aromatic rings. The first-order valence-corrected chi connectivity index (χ1v) is 6.81. The first kappa shape index (κ1) is 14.8. The standard InChI is InChI=1S/C17H17NO3/c1-2-16(13-8-4-3-5-9-13)21-17(20)14-10-6-7-11-15(14)18-12-19/h3-12,16H,2H2,1H3,(H,18,19). The van der Waals surface area contributed by atoms with Gasteiger partial charge in [-0.2, -0.15) is 0 Å². The van der Waals surface area contributed by atoms with Crippen LogP contribution in [-0.2, 0) is 9.53 Å². The van der Waals surface area contributed by atoms with Crippen molar-refractivity contribution in [2.24, 2.45) is 0 Å².